The van der Waals surface area contributed by atoms with Crippen LogP contribution in [0.3, 0.4) is 0 Å². The van der Waals surface area contributed by atoms with E-state index < -0.39 is 66.0 Å². The summed E-state index contributed by atoms with van der Waals surface area (Å²) in [4.78, 5) is 74.7. The highest BCUT2D eigenvalue weighted by molar-refractivity contribution is 5.96. The van der Waals surface area contributed by atoms with Gasteiger partial charge in [0, 0.05) is 57.8 Å². The topological polar surface area (TPSA) is 173 Å². The van der Waals surface area contributed by atoms with Gasteiger partial charge in [-0.3, -0.25) is 33.8 Å². The van der Waals surface area contributed by atoms with Crippen molar-refractivity contribution < 1.29 is 33.1 Å². The first-order valence-corrected chi connectivity index (χ1v) is 21.0. The molecule has 14 nitrogen and oxygen atoms in total. The first kappa shape index (κ1) is 42.5. The van der Waals surface area contributed by atoms with Crippen LogP contribution >= 0.6 is 0 Å². The summed E-state index contributed by atoms with van der Waals surface area (Å²) >= 11 is 0. The van der Waals surface area contributed by atoms with Crippen LogP contribution in [0.1, 0.15) is 36.8 Å². The molecule has 4 heterocycles. The zero-order valence-corrected chi connectivity index (χ0v) is 33.7. The van der Waals surface area contributed by atoms with Gasteiger partial charge >= 0.3 is 0 Å². The van der Waals surface area contributed by atoms with Gasteiger partial charge in [0.2, 0.25) is 29.5 Å². The number of amides is 5. The summed E-state index contributed by atoms with van der Waals surface area (Å²) < 4.78 is 19.7. The molecule has 2 aromatic carbocycles. The van der Waals surface area contributed by atoms with Crippen LogP contribution < -0.4 is 31.9 Å². The molecule has 0 bridgehead atoms. The number of benzene rings is 2. The molecule has 6 N–H and O–H groups in total. The predicted octanol–water partition coefficient (Wildman–Crippen LogP) is 1.32. The van der Waals surface area contributed by atoms with Crippen molar-refractivity contribution in [3.63, 3.8) is 0 Å². The Kier molecular flexibility index (Phi) is 14.6. The Hall–Kier alpha value is -5.64. The van der Waals surface area contributed by atoms with Crippen molar-refractivity contribution >= 4 is 29.5 Å². The molecule has 7 rings (SSSR count). The third-order valence-electron chi connectivity index (χ3n) is 11.7. The Morgan fingerprint density at radius 2 is 1.45 bits per heavy atom. The molecule has 2 aromatic rings. The van der Waals surface area contributed by atoms with Gasteiger partial charge in [0.15, 0.2) is 0 Å². The lowest BCUT2D eigenvalue weighted by Gasteiger charge is -2.39. The first-order valence-electron chi connectivity index (χ1n) is 21.0. The molecule has 3 saturated heterocycles. The molecule has 3 fully saturated rings. The van der Waals surface area contributed by atoms with Crippen LogP contribution in [0.4, 0.5) is 4.39 Å². The zero-order chi connectivity index (χ0) is 41.8. The van der Waals surface area contributed by atoms with E-state index in [2.05, 4.69) is 41.7 Å². The molecular weight excluding hydrogens is 768 g/mol. The van der Waals surface area contributed by atoms with E-state index in [9.17, 15) is 28.4 Å². The number of allylic oxidation sites excluding steroid dienone is 4. The molecule has 1 aliphatic carbocycles. The summed E-state index contributed by atoms with van der Waals surface area (Å²) in [5.41, 5.74) is 3.10. The molecule has 60 heavy (non-hydrogen) atoms. The van der Waals surface area contributed by atoms with E-state index in [1.807, 2.05) is 60.7 Å². The minimum Gasteiger partial charge on any atom is -0.380 e. The number of rotatable bonds is 10. The Morgan fingerprint density at radius 1 is 0.783 bits per heavy atom. The highest BCUT2D eigenvalue weighted by atomic mass is 19.1. The monoisotopic (exact) mass is 822 g/mol. The van der Waals surface area contributed by atoms with Crippen molar-refractivity contribution in [3.8, 4) is 0 Å². The highest BCUT2D eigenvalue weighted by Crippen LogP contribution is 2.28. The van der Waals surface area contributed by atoms with Gasteiger partial charge in [0.05, 0.1) is 38.3 Å². The smallest absolute Gasteiger partial charge is 0.243 e. The number of hydrogen-bond donors (Lipinski definition) is 6. The van der Waals surface area contributed by atoms with E-state index in [1.54, 1.807) is 18.4 Å². The average Bonchev–Trinajstić information content (AvgIpc) is 3.54. The summed E-state index contributed by atoms with van der Waals surface area (Å²) in [5.74, 6) is -3.14. The fourth-order valence-electron chi connectivity index (χ4n) is 8.48. The van der Waals surface area contributed by atoms with Crippen LogP contribution in [0.5, 0.6) is 0 Å². The van der Waals surface area contributed by atoms with Gasteiger partial charge in [-0.25, -0.2) is 4.39 Å². The van der Waals surface area contributed by atoms with Crippen LogP contribution in [0.15, 0.2) is 108 Å². The van der Waals surface area contributed by atoms with Crippen LogP contribution in [-0.2, 0) is 41.6 Å². The highest BCUT2D eigenvalue weighted by Gasteiger charge is 2.35. The number of likely N-dealkylation sites (tertiary alicyclic amines) is 1. The minimum absolute atomic E-state index is 0.00193. The molecule has 5 atom stereocenters. The molecule has 5 aliphatic rings. The standard InChI is InChI=1S/C45H55FN8O6/c46-33-11-13-36-32(27-47-37(36)14-12-33)25-39-45(59)52-38(24-31-9-5-2-6-10-31)44(58)49-34(23-30-7-3-1-4-8-30)28-48-43(57)40(26-41(55)50-39)51-42(56)29-53-17-15-35(16-18-53)54-19-21-60-22-20-54/h1-14,27,34-35,37-40,47H,15-26,28-29H2,(H,48,57)(H,49,58)(H,50,55)(H,51,56)(H,52,59)/t34-,37?,38-,39?,40?/m1/s1. The number of ether oxygens (including phenoxy) is 1. The van der Waals surface area contributed by atoms with E-state index in [0.29, 0.717) is 18.0 Å². The first-order chi connectivity index (χ1) is 29.2. The molecular formula is C45H55FN8O6. The lowest BCUT2D eigenvalue weighted by Crippen LogP contribution is -2.59. The number of hydrogen-bond acceptors (Lipinski definition) is 9. The summed E-state index contributed by atoms with van der Waals surface area (Å²) in [6, 6.07) is 14.8. The molecule has 0 radical (unpaired) electrons. The van der Waals surface area contributed by atoms with Gasteiger partial charge in [0.25, 0.3) is 0 Å². The number of fused-ring (bicyclic) bond motifs is 1. The normalized spacial score (nSPS) is 26.4. The van der Waals surface area contributed by atoms with Crippen LogP contribution in [0.2, 0.25) is 0 Å². The van der Waals surface area contributed by atoms with E-state index in [0.717, 1.165) is 68.9 Å². The third-order valence-corrected chi connectivity index (χ3v) is 11.7. The summed E-state index contributed by atoms with van der Waals surface area (Å²) in [5, 5.41) is 17.7. The second-order valence-electron chi connectivity index (χ2n) is 16.0. The van der Waals surface area contributed by atoms with Crippen molar-refractivity contribution in [3.05, 3.63) is 119 Å². The Bertz CT molecular complexity index is 1980. The second-order valence-corrected chi connectivity index (χ2v) is 16.0. The van der Waals surface area contributed by atoms with Gasteiger partial charge in [0.1, 0.15) is 24.0 Å². The Labute approximate surface area is 350 Å². The van der Waals surface area contributed by atoms with Crippen molar-refractivity contribution in [2.75, 3.05) is 52.5 Å². The van der Waals surface area contributed by atoms with Crippen LogP contribution in [0.25, 0.3) is 0 Å². The fraction of sp³-hybridized carbons (Fsp3) is 0.444. The van der Waals surface area contributed by atoms with E-state index in [4.69, 9.17) is 4.74 Å². The second kappa shape index (κ2) is 20.6. The molecule has 0 saturated carbocycles. The molecule has 318 valence electrons. The molecule has 5 amide bonds. The third kappa shape index (κ3) is 11.8. The maximum atomic E-state index is 14.4. The molecule has 0 spiro atoms. The van der Waals surface area contributed by atoms with Gasteiger partial charge in [-0.1, -0.05) is 72.8 Å². The quantitative estimate of drug-likeness (QED) is 0.207. The fourth-order valence-corrected chi connectivity index (χ4v) is 8.48. The SMILES string of the molecule is O=C(CN1CCC(N2CCOCC2)CC1)NC1CC(=O)NC(CC2=CNC3C=CC(F)=CC=C23)C(=O)N[C@H](Cc2ccccc2)C(=O)N[C@H](Cc2ccccc2)CNC1=O. The minimum atomic E-state index is -1.27. The Balaban J connectivity index is 1.11. The van der Waals surface area contributed by atoms with E-state index >= 15 is 0 Å². The van der Waals surface area contributed by atoms with E-state index in [-0.39, 0.29) is 32.0 Å². The van der Waals surface area contributed by atoms with Gasteiger partial charge in [-0.05, 0) is 53.7 Å². The number of morpholine rings is 1. The zero-order valence-electron chi connectivity index (χ0n) is 33.7. The lowest BCUT2D eigenvalue weighted by molar-refractivity contribution is -0.135. The summed E-state index contributed by atoms with van der Waals surface area (Å²) in [6.45, 7) is 4.75. The number of carbonyl (C=O) groups is 5. The number of piperidine rings is 1. The molecule has 4 aliphatic heterocycles. The number of nitrogens with one attached hydrogen (secondary N) is 6. The van der Waals surface area contributed by atoms with Crippen LogP contribution in [-0.4, -0.2) is 128 Å². The Morgan fingerprint density at radius 3 is 2.17 bits per heavy atom. The molecule has 0 aromatic heterocycles. The van der Waals surface area contributed by atoms with Gasteiger partial charge in [-0.2, -0.15) is 0 Å². The summed E-state index contributed by atoms with van der Waals surface area (Å²) in [6.07, 6.45) is 9.63. The van der Waals surface area contributed by atoms with Crippen LogP contribution in [0, 0.1) is 0 Å². The number of carbonyl (C=O) groups excluding carboxylic acids is 5. The van der Waals surface area contributed by atoms with E-state index in [1.165, 1.54) is 12.2 Å². The molecule has 3 unspecified atom stereocenters. The number of nitrogens with zero attached hydrogens (tertiary/aromatic N) is 2. The average molecular weight is 823 g/mol. The van der Waals surface area contributed by atoms with Crippen molar-refractivity contribution in [1.29, 1.82) is 0 Å². The van der Waals surface area contributed by atoms with Crippen molar-refractivity contribution in [1.82, 2.24) is 41.7 Å². The molecule has 15 heteroatoms. The largest absolute Gasteiger partial charge is 0.380 e. The lowest BCUT2D eigenvalue weighted by atomic mass is 9.95. The van der Waals surface area contributed by atoms with Crippen molar-refractivity contribution in [2.45, 2.75) is 74.8 Å². The maximum absolute atomic E-state index is 14.4. The van der Waals surface area contributed by atoms with Gasteiger partial charge in [-0.15, -0.1) is 0 Å². The van der Waals surface area contributed by atoms with Crippen molar-refractivity contribution in [2.24, 2.45) is 0 Å². The van der Waals surface area contributed by atoms with Gasteiger partial charge < -0.3 is 36.6 Å². The summed E-state index contributed by atoms with van der Waals surface area (Å²) in [7, 11) is 0. The number of halogens is 1. The predicted molar refractivity (Wildman–Crippen MR) is 224 cm³/mol. The maximum Gasteiger partial charge on any atom is 0.243 e.